The molecule has 1 aliphatic heterocycles. The fraction of sp³-hybridized carbons (Fsp3) is 0.875. The first-order valence-corrected chi connectivity index (χ1v) is 4.72. The van der Waals surface area contributed by atoms with Crippen LogP contribution >= 0.6 is 0 Å². The fourth-order valence-electron chi connectivity index (χ4n) is 1.48. The summed E-state index contributed by atoms with van der Waals surface area (Å²) in [7, 11) is 0. The van der Waals surface area contributed by atoms with Crippen molar-refractivity contribution in [2.45, 2.75) is 30.6 Å². The second kappa shape index (κ2) is 5.53. The Bertz CT molecular complexity index is 249. The van der Waals surface area contributed by atoms with Crippen molar-refractivity contribution in [3.05, 3.63) is 0 Å². The molecule has 0 unspecified atom stereocenters. The van der Waals surface area contributed by atoms with Crippen LogP contribution < -0.4 is 5.32 Å². The van der Waals surface area contributed by atoms with E-state index >= 15 is 0 Å². The smallest absolute Gasteiger partial charge is 0.246 e. The van der Waals surface area contributed by atoms with Crippen LogP contribution in [-0.4, -0.2) is 75.3 Å². The van der Waals surface area contributed by atoms with E-state index in [4.69, 9.17) is 14.9 Å². The van der Waals surface area contributed by atoms with Crippen molar-refractivity contribution in [1.82, 2.24) is 5.32 Å². The zero-order chi connectivity index (χ0) is 12.3. The summed E-state index contributed by atoms with van der Waals surface area (Å²) in [4.78, 5) is 10.9. The van der Waals surface area contributed by atoms with Crippen LogP contribution in [-0.2, 0) is 9.53 Å². The molecule has 0 bridgehead atoms. The lowest BCUT2D eigenvalue weighted by molar-refractivity contribution is -0.254. The number of rotatable bonds is 3. The maximum Gasteiger partial charge on any atom is 0.246 e. The molecule has 1 heterocycles. The van der Waals surface area contributed by atoms with Crippen LogP contribution in [0.15, 0.2) is 0 Å². The van der Waals surface area contributed by atoms with E-state index in [-0.39, 0.29) is 0 Å². The quantitative estimate of drug-likeness (QED) is 0.293. The number of amides is 1. The summed E-state index contributed by atoms with van der Waals surface area (Å²) >= 11 is 0. The molecule has 1 rings (SSSR count). The molecule has 0 aliphatic carbocycles. The minimum absolute atomic E-state index is 0.573. The Kier molecular flexibility index (Phi) is 4.59. The summed E-state index contributed by atoms with van der Waals surface area (Å²) in [6.07, 6.45) is -5.60. The molecule has 0 spiro atoms. The minimum Gasteiger partial charge on any atom is -0.394 e. The Morgan fingerprint density at radius 3 is 2.31 bits per heavy atom. The summed E-state index contributed by atoms with van der Waals surface area (Å²) < 4.78 is 4.78. The van der Waals surface area contributed by atoms with E-state index in [1.54, 1.807) is 0 Å². The van der Waals surface area contributed by atoms with E-state index in [0.29, 0.717) is 0 Å². The molecule has 1 saturated heterocycles. The molecule has 5 atom stereocenters. The Labute approximate surface area is 91.1 Å². The minimum atomic E-state index is -1.56. The van der Waals surface area contributed by atoms with Crippen molar-refractivity contribution in [1.29, 1.82) is 0 Å². The predicted octanol–water partition coefficient (Wildman–Crippen LogP) is -4.11. The van der Waals surface area contributed by atoms with E-state index in [1.807, 2.05) is 0 Å². The van der Waals surface area contributed by atoms with Gasteiger partial charge in [0.1, 0.15) is 31.0 Å². The molecular formula is C8H15NO7. The topological polar surface area (TPSA) is 139 Å². The van der Waals surface area contributed by atoms with Gasteiger partial charge in [0.2, 0.25) is 5.91 Å². The zero-order valence-electron chi connectivity index (χ0n) is 8.35. The maximum atomic E-state index is 10.9. The standard InChI is InChI=1S/C8H15NO7/c10-1-3-6(13)7(14)5(8(15)16-3)9-4(12)2-11/h3,5-8,10-11,13-15H,1-2H2,(H,9,12)/t3-,5-,6+,7-,8+/m1/s1. The van der Waals surface area contributed by atoms with Crippen LogP contribution in [0.3, 0.4) is 0 Å². The fourth-order valence-corrected chi connectivity index (χ4v) is 1.48. The van der Waals surface area contributed by atoms with Gasteiger partial charge in [-0.25, -0.2) is 0 Å². The van der Waals surface area contributed by atoms with Crippen molar-refractivity contribution in [2.24, 2.45) is 0 Å². The summed E-state index contributed by atoms with van der Waals surface area (Å²) in [5.41, 5.74) is 0. The molecule has 1 fully saturated rings. The molecule has 0 aromatic heterocycles. The lowest BCUT2D eigenvalue weighted by atomic mass is 9.97. The maximum absolute atomic E-state index is 10.9. The number of hydrogen-bond donors (Lipinski definition) is 6. The Morgan fingerprint density at radius 2 is 1.81 bits per heavy atom. The first kappa shape index (κ1) is 13.3. The van der Waals surface area contributed by atoms with Crippen LogP contribution in [0.1, 0.15) is 0 Å². The highest BCUT2D eigenvalue weighted by Gasteiger charge is 2.44. The Morgan fingerprint density at radius 1 is 1.19 bits per heavy atom. The number of aliphatic hydroxyl groups is 5. The molecular weight excluding hydrogens is 222 g/mol. The van der Waals surface area contributed by atoms with Crippen molar-refractivity contribution in [3.8, 4) is 0 Å². The Balaban J connectivity index is 2.67. The molecule has 8 nitrogen and oxygen atoms in total. The van der Waals surface area contributed by atoms with Gasteiger partial charge < -0.3 is 35.6 Å². The van der Waals surface area contributed by atoms with Crippen molar-refractivity contribution in [3.63, 3.8) is 0 Å². The third kappa shape index (κ3) is 2.67. The monoisotopic (exact) mass is 237 g/mol. The molecule has 94 valence electrons. The van der Waals surface area contributed by atoms with Crippen molar-refractivity contribution < 1.29 is 35.1 Å². The van der Waals surface area contributed by atoms with E-state index in [1.165, 1.54) is 0 Å². The highest BCUT2D eigenvalue weighted by atomic mass is 16.6. The van der Waals surface area contributed by atoms with E-state index in [0.717, 1.165) is 0 Å². The van der Waals surface area contributed by atoms with Crippen LogP contribution in [0.5, 0.6) is 0 Å². The van der Waals surface area contributed by atoms with E-state index < -0.39 is 49.8 Å². The number of carbonyl (C=O) groups excluding carboxylic acids is 1. The molecule has 1 aliphatic rings. The molecule has 8 heteroatoms. The first-order valence-electron chi connectivity index (χ1n) is 4.72. The largest absolute Gasteiger partial charge is 0.394 e. The van der Waals surface area contributed by atoms with Crippen molar-refractivity contribution >= 4 is 5.91 Å². The van der Waals surface area contributed by atoms with Crippen LogP contribution in [0.25, 0.3) is 0 Å². The van der Waals surface area contributed by atoms with E-state index in [9.17, 15) is 20.1 Å². The molecule has 0 radical (unpaired) electrons. The average Bonchev–Trinajstić information content (AvgIpc) is 2.28. The van der Waals surface area contributed by atoms with Gasteiger partial charge in [-0.1, -0.05) is 0 Å². The van der Waals surface area contributed by atoms with Crippen molar-refractivity contribution in [2.75, 3.05) is 13.2 Å². The van der Waals surface area contributed by atoms with Gasteiger partial charge in [0.25, 0.3) is 0 Å². The van der Waals surface area contributed by atoms with Gasteiger partial charge >= 0.3 is 0 Å². The highest BCUT2D eigenvalue weighted by Crippen LogP contribution is 2.19. The molecule has 16 heavy (non-hydrogen) atoms. The second-order valence-electron chi connectivity index (χ2n) is 3.48. The molecule has 0 saturated carbocycles. The van der Waals surface area contributed by atoms with E-state index in [2.05, 4.69) is 5.32 Å². The average molecular weight is 237 g/mol. The molecule has 0 aromatic rings. The van der Waals surface area contributed by atoms with Gasteiger partial charge in [-0.15, -0.1) is 0 Å². The Hall–Kier alpha value is -0.770. The third-order valence-electron chi connectivity index (χ3n) is 2.37. The molecule has 0 aromatic carbocycles. The molecule has 1 amide bonds. The number of nitrogens with one attached hydrogen (secondary N) is 1. The normalized spacial score (nSPS) is 39.4. The van der Waals surface area contributed by atoms with Gasteiger partial charge in [0, 0.05) is 0 Å². The third-order valence-corrected chi connectivity index (χ3v) is 2.37. The summed E-state index contributed by atoms with van der Waals surface area (Å²) in [6, 6.07) is -1.25. The molecule has 6 N–H and O–H groups in total. The van der Waals surface area contributed by atoms with Gasteiger partial charge in [-0.05, 0) is 0 Å². The SMILES string of the molecule is O=C(CO)N[C@@H]1[C@@H](O)[C@@H](O)[C@@H](CO)O[C@@H]1O. The van der Waals surface area contributed by atoms with Crippen LogP contribution in [0.4, 0.5) is 0 Å². The number of hydrogen-bond acceptors (Lipinski definition) is 7. The van der Waals surface area contributed by atoms with Crippen LogP contribution in [0.2, 0.25) is 0 Å². The van der Waals surface area contributed by atoms with Crippen LogP contribution in [0, 0.1) is 0 Å². The first-order chi connectivity index (χ1) is 7.51. The van der Waals surface area contributed by atoms with Gasteiger partial charge in [-0.3, -0.25) is 4.79 Å². The number of carbonyl (C=O) groups is 1. The summed E-state index contributed by atoms with van der Waals surface area (Å²) in [5.74, 6) is -0.818. The number of aliphatic hydroxyl groups excluding tert-OH is 5. The lowest BCUT2D eigenvalue weighted by Gasteiger charge is -2.40. The number of ether oxygens (including phenoxy) is 1. The van der Waals surface area contributed by atoms with Gasteiger partial charge in [0.05, 0.1) is 6.61 Å². The van der Waals surface area contributed by atoms with Gasteiger partial charge in [-0.2, -0.15) is 0 Å². The summed E-state index contributed by atoms with van der Waals surface area (Å²) in [6.45, 7) is -1.38. The predicted molar refractivity (Wildman–Crippen MR) is 49.0 cm³/mol. The highest BCUT2D eigenvalue weighted by molar-refractivity contribution is 5.77. The van der Waals surface area contributed by atoms with Gasteiger partial charge in [0.15, 0.2) is 6.29 Å². The zero-order valence-corrected chi connectivity index (χ0v) is 8.35. The second-order valence-corrected chi connectivity index (χ2v) is 3.48. The summed E-state index contributed by atoms with van der Waals surface area (Å²) in [5, 5.41) is 47.8. The lowest BCUT2D eigenvalue weighted by Crippen LogP contribution is -2.64.